The van der Waals surface area contributed by atoms with Gasteiger partial charge in [0, 0.05) is 23.7 Å². The first kappa shape index (κ1) is 20.7. The summed E-state index contributed by atoms with van der Waals surface area (Å²) in [6.45, 7) is 5.58. The number of furan rings is 1. The number of benzene rings is 1. The second-order valence-corrected chi connectivity index (χ2v) is 8.18. The van der Waals surface area contributed by atoms with E-state index in [1.807, 2.05) is 26.8 Å². The van der Waals surface area contributed by atoms with Crippen molar-refractivity contribution in [3.63, 3.8) is 0 Å². The predicted molar refractivity (Wildman–Crippen MR) is 111 cm³/mol. The first-order chi connectivity index (χ1) is 13.6. The molecule has 2 heterocycles. The molecule has 29 heavy (non-hydrogen) atoms. The first-order valence-electron chi connectivity index (χ1n) is 9.10. The highest BCUT2D eigenvalue weighted by Crippen LogP contribution is 2.26. The molecule has 0 aliphatic heterocycles. The van der Waals surface area contributed by atoms with Crippen LogP contribution in [0.5, 0.6) is 0 Å². The van der Waals surface area contributed by atoms with Gasteiger partial charge in [-0.15, -0.1) is 0 Å². The summed E-state index contributed by atoms with van der Waals surface area (Å²) in [5, 5.41) is 7.84. The Hall–Kier alpha value is -3.06. The predicted octanol–water partition coefficient (Wildman–Crippen LogP) is 3.77. The Labute approximate surface area is 174 Å². The van der Waals surface area contributed by atoms with Gasteiger partial charge in [-0.1, -0.05) is 17.7 Å². The van der Waals surface area contributed by atoms with Crippen molar-refractivity contribution in [1.29, 1.82) is 0 Å². The Morgan fingerprint density at radius 3 is 2.59 bits per heavy atom. The standard InChI is InChI=1S/C21H23ClN4O3/c1-21(2,3)23-19(27)13-25(4)20(28)16-12-17(18-9-6-10-29-18)26(24-16)15-8-5-7-14(22)11-15/h5-12H,13H2,1-4H3,(H,23,27). The summed E-state index contributed by atoms with van der Waals surface area (Å²) in [5.41, 5.74) is 1.12. The molecule has 0 unspecified atom stereocenters. The molecule has 1 N–H and O–H groups in total. The molecule has 3 rings (SSSR count). The molecular formula is C21H23ClN4O3. The molecule has 0 saturated carbocycles. The molecule has 1 aromatic carbocycles. The van der Waals surface area contributed by atoms with Crippen LogP contribution in [0.3, 0.4) is 0 Å². The molecule has 2 amide bonds. The van der Waals surface area contributed by atoms with E-state index in [0.29, 0.717) is 22.2 Å². The molecule has 0 aliphatic rings. The number of aromatic nitrogens is 2. The number of likely N-dealkylation sites (N-methyl/N-ethyl adjacent to an activating group) is 1. The van der Waals surface area contributed by atoms with Crippen LogP contribution in [0.15, 0.2) is 53.1 Å². The fraction of sp³-hybridized carbons (Fsp3) is 0.286. The van der Waals surface area contributed by atoms with E-state index in [-0.39, 0.29) is 29.6 Å². The Morgan fingerprint density at radius 1 is 1.21 bits per heavy atom. The Kier molecular flexibility index (Phi) is 5.79. The van der Waals surface area contributed by atoms with Crippen LogP contribution in [0.25, 0.3) is 17.1 Å². The van der Waals surface area contributed by atoms with Crippen LogP contribution in [0, 0.1) is 0 Å². The number of hydrogen-bond acceptors (Lipinski definition) is 4. The molecule has 8 heteroatoms. The minimum absolute atomic E-state index is 0.0732. The Morgan fingerprint density at radius 2 is 1.97 bits per heavy atom. The van der Waals surface area contributed by atoms with E-state index in [1.54, 1.807) is 54.4 Å². The summed E-state index contributed by atoms with van der Waals surface area (Å²) < 4.78 is 7.10. The van der Waals surface area contributed by atoms with E-state index in [2.05, 4.69) is 10.4 Å². The molecule has 0 radical (unpaired) electrons. The molecule has 0 atom stereocenters. The summed E-state index contributed by atoms with van der Waals surface area (Å²) in [4.78, 5) is 26.4. The van der Waals surface area contributed by atoms with Crippen LogP contribution in [0.4, 0.5) is 0 Å². The van der Waals surface area contributed by atoms with Crippen molar-refractivity contribution in [2.45, 2.75) is 26.3 Å². The minimum atomic E-state index is -0.373. The van der Waals surface area contributed by atoms with Crippen LogP contribution in [0.1, 0.15) is 31.3 Å². The zero-order valence-electron chi connectivity index (χ0n) is 16.8. The SMILES string of the molecule is CN(CC(=O)NC(C)(C)C)C(=O)c1cc(-c2ccco2)n(-c2cccc(Cl)c2)n1. The lowest BCUT2D eigenvalue weighted by Gasteiger charge is -2.23. The van der Waals surface area contributed by atoms with Crippen molar-refractivity contribution >= 4 is 23.4 Å². The smallest absolute Gasteiger partial charge is 0.274 e. The largest absolute Gasteiger partial charge is 0.463 e. The number of rotatable bonds is 5. The number of hydrogen-bond donors (Lipinski definition) is 1. The monoisotopic (exact) mass is 414 g/mol. The van der Waals surface area contributed by atoms with Crippen LogP contribution in [0.2, 0.25) is 5.02 Å². The van der Waals surface area contributed by atoms with E-state index >= 15 is 0 Å². The molecule has 152 valence electrons. The van der Waals surface area contributed by atoms with Crippen molar-refractivity contribution in [2.24, 2.45) is 0 Å². The summed E-state index contributed by atoms with van der Waals surface area (Å²) in [5.74, 6) is -0.0545. The van der Waals surface area contributed by atoms with Gasteiger partial charge in [-0.25, -0.2) is 4.68 Å². The second-order valence-electron chi connectivity index (χ2n) is 7.74. The molecule has 0 bridgehead atoms. The van der Waals surface area contributed by atoms with Crippen molar-refractivity contribution in [1.82, 2.24) is 20.0 Å². The number of carbonyl (C=O) groups excluding carboxylic acids is 2. The van der Waals surface area contributed by atoms with Crippen molar-refractivity contribution in [3.8, 4) is 17.1 Å². The Balaban J connectivity index is 1.91. The number of amides is 2. The van der Waals surface area contributed by atoms with Gasteiger partial charge in [-0.2, -0.15) is 5.10 Å². The van der Waals surface area contributed by atoms with Gasteiger partial charge in [-0.05, 0) is 51.1 Å². The van der Waals surface area contributed by atoms with E-state index < -0.39 is 0 Å². The van der Waals surface area contributed by atoms with Crippen LogP contribution < -0.4 is 5.32 Å². The average molecular weight is 415 g/mol. The number of halogens is 1. The van der Waals surface area contributed by atoms with E-state index in [0.717, 1.165) is 0 Å². The maximum atomic E-state index is 12.9. The molecule has 0 aliphatic carbocycles. The van der Waals surface area contributed by atoms with Gasteiger partial charge in [0.2, 0.25) is 5.91 Å². The van der Waals surface area contributed by atoms with E-state index in [4.69, 9.17) is 16.0 Å². The van der Waals surface area contributed by atoms with E-state index in [9.17, 15) is 9.59 Å². The molecule has 3 aromatic rings. The third-order valence-electron chi connectivity index (χ3n) is 4.00. The van der Waals surface area contributed by atoms with Crippen LogP contribution in [-0.2, 0) is 4.79 Å². The number of nitrogens with one attached hydrogen (secondary N) is 1. The quantitative estimate of drug-likeness (QED) is 0.689. The van der Waals surface area contributed by atoms with Gasteiger partial charge in [0.1, 0.15) is 5.69 Å². The lowest BCUT2D eigenvalue weighted by Crippen LogP contribution is -2.46. The van der Waals surface area contributed by atoms with Crippen LogP contribution in [-0.4, -0.2) is 45.6 Å². The lowest BCUT2D eigenvalue weighted by molar-refractivity contribution is -0.122. The summed E-state index contributed by atoms with van der Waals surface area (Å²) in [6.07, 6.45) is 1.55. The van der Waals surface area contributed by atoms with Gasteiger partial charge < -0.3 is 14.6 Å². The zero-order valence-corrected chi connectivity index (χ0v) is 17.5. The third-order valence-corrected chi connectivity index (χ3v) is 4.23. The van der Waals surface area contributed by atoms with E-state index in [1.165, 1.54) is 4.90 Å². The topological polar surface area (TPSA) is 80.4 Å². The van der Waals surface area contributed by atoms with Gasteiger partial charge >= 0.3 is 0 Å². The highest BCUT2D eigenvalue weighted by molar-refractivity contribution is 6.30. The maximum absolute atomic E-state index is 12.9. The van der Waals surface area contributed by atoms with Crippen molar-refractivity contribution < 1.29 is 14.0 Å². The molecule has 7 nitrogen and oxygen atoms in total. The zero-order chi connectivity index (χ0) is 21.2. The fourth-order valence-corrected chi connectivity index (χ4v) is 3.02. The summed E-state index contributed by atoms with van der Waals surface area (Å²) >= 11 is 6.12. The van der Waals surface area contributed by atoms with Crippen LogP contribution >= 0.6 is 11.6 Å². The van der Waals surface area contributed by atoms with Gasteiger partial charge in [0.25, 0.3) is 5.91 Å². The van der Waals surface area contributed by atoms with Gasteiger partial charge in [0.05, 0.1) is 18.5 Å². The summed E-state index contributed by atoms with van der Waals surface area (Å²) in [6, 6.07) is 12.3. The minimum Gasteiger partial charge on any atom is -0.463 e. The maximum Gasteiger partial charge on any atom is 0.274 e. The van der Waals surface area contributed by atoms with Crippen molar-refractivity contribution in [2.75, 3.05) is 13.6 Å². The lowest BCUT2D eigenvalue weighted by atomic mass is 10.1. The molecule has 0 spiro atoms. The van der Waals surface area contributed by atoms with Gasteiger partial charge in [-0.3, -0.25) is 9.59 Å². The third kappa shape index (κ3) is 5.06. The summed E-state index contributed by atoms with van der Waals surface area (Å²) in [7, 11) is 1.57. The number of nitrogens with zero attached hydrogens (tertiary/aromatic N) is 3. The molecule has 2 aromatic heterocycles. The highest BCUT2D eigenvalue weighted by atomic mass is 35.5. The van der Waals surface area contributed by atoms with Crippen molar-refractivity contribution in [3.05, 3.63) is 59.4 Å². The Bertz CT molecular complexity index is 1020. The second kappa shape index (κ2) is 8.13. The molecular weight excluding hydrogens is 392 g/mol. The number of carbonyl (C=O) groups is 2. The first-order valence-corrected chi connectivity index (χ1v) is 9.48. The highest BCUT2D eigenvalue weighted by Gasteiger charge is 2.23. The molecule has 0 fully saturated rings. The fourth-order valence-electron chi connectivity index (χ4n) is 2.83. The van der Waals surface area contributed by atoms with Gasteiger partial charge in [0.15, 0.2) is 11.5 Å². The molecule has 0 saturated heterocycles. The normalized spacial score (nSPS) is 11.3. The average Bonchev–Trinajstić information content (AvgIpc) is 3.28.